The van der Waals surface area contributed by atoms with Crippen molar-refractivity contribution in [3.63, 3.8) is 0 Å². The van der Waals surface area contributed by atoms with E-state index < -0.39 is 0 Å². The number of aryl methyl sites for hydroxylation is 2. The Morgan fingerprint density at radius 3 is 2.78 bits per heavy atom. The van der Waals surface area contributed by atoms with Crippen molar-refractivity contribution in [1.82, 2.24) is 19.2 Å². The molecule has 0 aliphatic heterocycles. The second-order valence-corrected chi connectivity index (χ2v) is 5.88. The highest BCUT2D eigenvalue weighted by Crippen LogP contribution is 2.24. The Hall–Kier alpha value is -2.14. The monoisotopic (exact) mass is 312 g/mol. The van der Waals surface area contributed by atoms with Crippen LogP contribution < -0.4 is 0 Å². The van der Waals surface area contributed by atoms with Crippen LogP contribution in [-0.2, 0) is 11.3 Å². The maximum atomic E-state index is 5.64. The van der Waals surface area contributed by atoms with E-state index in [-0.39, 0.29) is 6.10 Å². The van der Waals surface area contributed by atoms with E-state index in [4.69, 9.17) is 9.72 Å². The standard InChI is InChI=1S/C18H24N4O/c1-5-9-22-18(19-17(20-22)14(4)23-6-2)15-10-16-8-7-13(3)11-21(16)12-15/h7-8,10-12,14H,5-6,9H2,1-4H3. The van der Waals surface area contributed by atoms with Gasteiger partial charge in [-0.15, -0.1) is 0 Å². The Bertz CT molecular complexity index is 803. The molecule has 0 saturated carbocycles. The van der Waals surface area contributed by atoms with Crippen molar-refractivity contribution in [3.8, 4) is 11.4 Å². The fraction of sp³-hybridized carbons (Fsp3) is 0.444. The van der Waals surface area contributed by atoms with E-state index in [1.54, 1.807) is 0 Å². The van der Waals surface area contributed by atoms with Crippen molar-refractivity contribution in [3.05, 3.63) is 42.0 Å². The van der Waals surface area contributed by atoms with Gasteiger partial charge in [-0.25, -0.2) is 9.67 Å². The number of aromatic nitrogens is 4. The Morgan fingerprint density at radius 1 is 1.22 bits per heavy atom. The molecule has 3 rings (SSSR count). The largest absolute Gasteiger partial charge is 0.371 e. The van der Waals surface area contributed by atoms with Crippen LogP contribution in [0.15, 0.2) is 30.6 Å². The van der Waals surface area contributed by atoms with E-state index in [0.717, 1.165) is 35.7 Å². The number of hydrogen-bond acceptors (Lipinski definition) is 3. The molecular weight excluding hydrogens is 288 g/mol. The van der Waals surface area contributed by atoms with E-state index in [9.17, 15) is 0 Å². The average molecular weight is 312 g/mol. The molecule has 0 saturated heterocycles. The Labute approximate surface area is 136 Å². The molecule has 0 aliphatic carbocycles. The van der Waals surface area contributed by atoms with Crippen molar-refractivity contribution < 1.29 is 4.74 Å². The van der Waals surface area contributed by atoms with E-state index >= 15 is 0 Å². The highest BCUT2D eigenvalue weighted by Gasteiger charge is 2.17. The van der Waals surface area contributed by atoms with Gasteiger partial charge in [0.2, 0.25) is 0 Å². The van der Waals surface area contributed by atoms with Gasteiger partial charge in [-0.3, -0.25) is 0 Å². The first-order valence-corrected chi connectivity index (χ1v) is 8.27. The zero-order valence-corrected chi connectivity index (χ0v) is 14.3. The first kappa shape index (κ1) is 15.7. The van der Waals surface area contributed by atoms with Crippen molar-refractivity contribution in [1.29, 1.82) is 0 Å². The highest BCUT2D eigenvalue weighted by atomic mass is 16.5. The molecule has 0 N–H and O–H groups in total. The van der Waals surface area contributed by atoms with Gasteiger partial charge >= 0.3 is 0 Å². The molecule has 0 bridgehead atoms. The minimum Gasteiger partial charge on any atom is -0.371 e. The fourth-order valence-electron chi connectivity index (χ4n) is 2.78. The second-order valence-electron chi connectivity index (χ2n) is 5.88. The van der Waals surface area contributed by atoms with Crippen LogP contribution in [0.1, 0.15) is 44.7 Å². The molecule has 5 nitrogen and oxygen atoms in total. The molecule has 5 heteroatoms. The molecule has 0 aliphatic rings. The van der Waals surface area contributed by atoms with E-state index in [1.165, 1.54) is 5.56 Å². The molecule has 0 fully saturated rings. The van der Waals surface area contributed by atoms with E-state index in [1.807, 2.05) is 18.5 Å². The molecule has 122 valence electrons. The second kappa shape index (κ2) is 6.54. The lowest BCUT2D eigenvalue weighted by Crippen LogP contribution is -2.04. The Kier molecular flexibility index (Phi) is 4.48. The minimum absolute atomic E-state index is 0.0869. The summed E-state index contributed by atoms with van der Waals surface area (Å²) in [5.41, 5.74) is 3.49. The summed E-state index contributed by atoms with van der Waals surface area (Å²) in [6.45, 7) is 9.75. The van der Waals surface area contributed by atoms with Crippen LogP contribution in [0.2, 0.25) is 0 Å². The van der Waals surface area contributed by atoms with Gasteiger partial charge in [0.15, 0.2) is 11.6 Å². The third-order valence-electron chi connectivity index (χ3n) is 3.90. The average Bonchev–Trinajstić information content (AvgIpc) is 3.11. The maximum absolute atomic E-state index is 5.64. The topological polar surface area (TPSA) is 44.3 Å². The molecule has 0 spiro atoms. The zero-order chi connectivity index (χ0) is 16.4. The summed E-state index contributed by atoms with van der Waals surface area (Å²) in [7, 11) is 0. The third-order valence-corrected chi connectivity index (χ3v) is 3.90. The van der Waals surface area contributed by atoms with E-state index in [2.05, 4.69) is 53.9 Å². The number of pyridine rings is 1. The van der Waals surface area contributed by atoms with Crippen molar-refractivity contribution >= 4 is 5.52 Å². The number of rotatable bonds is 6. The molecule has 3 aromatic heterocycles. The first-order chi connectivity index (χ1) is 11.1. The van der Waals surface area contributed by atoms with Crippen LogP contribution in [0.3, 0.4) is 0 Å². The van der Waals surface area contributed by atoms with Crippen LogP contribution in [0.5, 0.6) is 0 Å². The molecular formula is C18H24N4O. The maximum Gasteiger partial charge on any atom is 0.179 e. The normalized spacial score (nSPS) is 12.9. The molecule has 1 unspecified atom stereocenters. The molecule has 0 radical (unpaired) electrons. The van der Waals surface area contributed by atoms with Gasteiger partial charge in [0.1, 0.15) is 6.10 Å². The lowest BCUT2D eigenvalue weighted by atomic mass is 10.3. The predicted octanol–water partition coefficient (Wildman–Crippen LogP) is 4.01. The van der Waals surface area contributed by atoms with Gasteiger partial charge in [0.05, 0.1) is 0 Å². The van der Waals surface area contributed by atoms with Crippen molar-refractivity contribution in [2.24, 2.45) is 0 Å². The van der Waals surface area contributed by atoms with Crippen molar-refractivity contribution in [2.45, 2.75) is 46.8 Å². The quantitative estimate of drug-likeness (QED) is 0.690. The van der Waals surface area contributed by atoms with Crippen LogP contribution in [0, 0.1) is 6.92 Å². The number of nitrogens with zero attached hydrogens (tertiary/aromatic N) is 4. The zero-order valence-electron chi connectivity index (χ0n) is 14.3. The lowest BCUT2D eigenvalue weighted by Gasteiger charge is -2.05. The van der Waals surface area contributed by atoms with Gasteiger partial charge in [-0.2, -0.15) is 5.10 Å². The van der Waals surface area contributed by atoms with Crippen LogP contribution in [0.4, 0.5) is 0 Å². The van der Waals surface area contributed by atoms with Gasteiger partial charge in [-0.1, -0.05) is 13.0 Å². The molecule has 3 aromatic rings. The predicted molar refractivity (Wildman–Crippen MR) is 91.5 cm³/mol. The number of fused-ring (bicyclic) bond motifs is 1. The summed E-state index contributed by atoms with van der Waals surface area (Å²) >= 11 is 0. The summed E-state index contributed by atoms with van der Waals surface area (Å²) < 4.78 is 9.77. The molecule has 0 aromatic carbocycles. The first-order valence-electron chi connectivity index (χ1n) is 8.27. The smallest absolute Gasteiger partial charge is 0.179 e. The number of hydrogen-bond donors (Lipinski definition) is 0. The summed E-state index contributed by atoms with van der Waals surface area (Å²) in [5, 5.41) is 4.65. The van der Waals surface area contributed by atoms with Crippen LogP contribution in [0.25, 0.3) is 16.9 Å². The van der Waals surface area contributed by atoms with Gasteiger partial charge in [0.25, 0.3) is 0 Å². The third kappa shape index (κ3) is 3.15. The summed E-state index contributed by atoms with van der Waals surface area (Å²) in [6.07, 6.45) is 5.18. The molecule has 0 amide bonds. The minimum atomic E-state index is -0.0869. The van der Waals surface area contributed by atoms with Crippen molar-refractivity contribution in [2.75, 3.05) is 6.61 Å². The number of ether oxygens (including phenoxy) is 1. The SMILES string of the molecule is CCCn1nc(C(C)OCC)nc1-c1cc2ccc(C)cn2c1. The van der Waals surface area contributed by atoms with Gasteiger partial charge in [-0.05, 0) is 44.9 Å². The van der Waals surface area contributed by atoms with Gasteiger partial charge in [0, 0.05) is 36.6 Å². The Balaban J connectivity index is 2.04. The van der Waals surface area contributed by atoms with Crippen LogP contribution in [-0.4, -0.2) is 25.8 Å². The van der Waals surface area contributed by atoms with Crippen LogP contribution >= 0.6 is 0 Å². The summed E-state index contributed by atoms with van der Waals surface area (Å²) in [5.74, 6) is 1.66. The molecule has 3 heterocycles. The fourth-order valence-corrected chi connectivity index (χ4v) is 2.78. The molecule has 23 heavy (non-hydrogen) atoms. The van der Waals surface area contributed by atoms with Gasteiger partial charge < -0.3 is 9.14 Å². The molecule has 1 atom stereocenters. The Morgan fingerprint density at radius 2 is 2.04 bits per heavy atom. The van der Waals surface area contributed by atoms with E-state index in [0.29, 0.717) is 6.61 Å². The summed E-state index contributed by atoms with van der Waals surface area (Å²) in [4.78, 5) is 4.75. The highest BCUT2D eigenvalue weighted by molar-refractivity contribution is 5.65. The lowest BCUT2D eigenvalue weighted by molar-refractivity contribution is 0.0699. The summed E-state index contributed by atoms with van der Waals surface area (Å²) in [6, 6.07) is 6.41.